The van der Waals surface area contributed by atoms with Gasteiger partial charge in [0.05, 0.1) is 28.0 Å². The standard InChI is InChI=1S/C22H26N2O4S3/c1-15-13-16(2)21-19(14-15)24(10-11-29-4)22(30-21)23-20(25)9-12-31(26,27)18-7-5-17(28-3)6-8-18/h5-8,13-14H,9-12H2,1-4H3. The molecular weight excluding hydrogens is 452 g/mol. The Bertz CT molecular complexity index is 1260. The van der Waals surface area contributed by atoms with Crippen LogP contribution in [0.15, 0.2) is 46.3 Å². The van der Waals surface area contributed by atoms with Crippen LogP contribution in [0.3, 0.4) is 0 Å². The van der Waals surface area contributed by atoms with Gasteiger partial charge in [0.15, 0.2) is 14.6 Å². The highest BCUT2D eigenvalue weighted by Crippen LogP contribution is 2.24. The van der Waals surface area contributed by atoms with E-state index < -0.39 is 15.7 Å². The highest BCUT2D eigenvalue weighted by atomic mass is 32.2. The molecule has 0 atom stereocenters. The van der Waals surface area contributed by atoms with Crippen LogP contribution < -0.4 is 9.54 Å². The number of methoxy groups -OCH3 is 1. The maximum absolute atomic E-state index is 12.6. The monoisotopic (exact) mass is 478 g/mol. The average Bonchev–Trinajstić information content (AvgIpc) is 3.08. The topological polar surface area (TPSA) is 77.7 Å². The van der Waals surface area contributed by atoms with Crippen molar-refractivity contribution in [3.63, 3.8) is 0 Å². The minimum Gasteiger partial charge on any atom is -0.497 e. The highest BCUT2D eigenvalue weighted by Gasteiger charge is 2.17. The van der Waals surface area contributed by atoms with Gasteiger partial charge in [-0.05, 0) is 61.6 Å². The molecule has 0 unspecified atom stereocenters. The molecule has 0 fully saturated rings. The summed E-state index contributed by atoms with van der Waals surface area (Å²) in [6.45, 7) is 4.84. The van der Waals surface area contributed by atoms with Crippen molar-refractivity contribution in [3.8, 4) is 5.75 Å². The van der Waals surface area contributed by atoms with Gasteiger partial charge in [-0.2, -0.15) is 16.8 Å². The van der Waals surface area contributed by atoms with Crippen LogP contribution in [0.5, 0.6) is 5.75 Å². The van der Waals surface area contributed by atoms with Crippen LogP contribution in [0.4, 0.5) is 0 Å². The number of rotatable bonds is 8. The van der Waals surface area contributed by atoms with Gasteiger partial charge in [-0.1, -0.05) is 17.4 Å². The van der Waals surface area contributed by atoms with Crippen molar-refractivity contribution >= 4 is 49.1 Å². The van der Waals surface area contributed by atoms with Gasteiger partial charge < -0.3 is 9.30 Å². The predicted octanol–water partition coefficient (Wildman–Crippen LogP) is 3.98. The first-order valence-electron chi connectivity index (χ1n) is 9.79. The number of thioether (sulfide) groups is 1. The molecule has 6 nitrogen and oxygen atoms in total. The van der Waals surface area contributed by atoms with Crippen molar-refractivity contribution in [3.05, 3.63) is 52.3 Å². The van der Waals surface area contributed by atoms with E-state index in [9.17, 15) is 13.2 Å². The average molecular weight is 479 g/mol. The Balaban J connectivity index is 1.86. The Hall–Kier alpha value is -2.10. The number of amides is 1. The van der Waals surface area contributed by atoms with Gasteiger partial charge in [-0.15, -0.1) is 0 Å². The van der Waals surface area contributed by atoms with Crippen LogP contribution in [0.25, 0.3) is 10.2 Å². The fraction of sp³-hybridized carbons (Fsp3) is 0.364. The van der Waals surface area contributed by atoms with Crippen LogP contribution in [-0.2, 0) is 21.2 Å². The summed E-state index contributed by atoms with van der Waals surface area (Å²) in [6.07, 6.45) is 1.88. The lowest BCUT2D eigenvalue weighted by Crippen LogP contribution is -2.19. The van der Waals surface area contributed by atoms with Gasteiger partial charge in [-0.3, -0.25) is 4.79 Å². The molecule has 0 N–H and O–H groups in total. The number of sulfone groups is 1. The molecule has 0 saturated heterocycles. The van der Waals surface area contributed by atoms with E-state index in [0.29, 0.717) is 10.6 Å². The summed E-state index contributed by atoms with van der Waals surface area (Å²) in [5, 5.41) is 0. The molecule has 2 aromatic carbocycles. The van der Waals surface area contributed by atoms with Gasteiger partial charge >= 0.3 is 0 Å². The van der Waals surface area contributed by atoms with Crippen molar-refractivity contribution in [2.24, 2.45) is 4.99 Å². The molecule has 166 valence electrons. The van der Waals surface area contributed by atoms with Crippen molar-refractivity contribution in [2.45, 2.75) is 31.7 Å². The summed E-state index contributed by atoms with van der Waals surface area (Å²) < 4.78 is 33.4. The van der Waals surface area contributed by atoms with Crippen LogP contribution in [0.1, 0.15) is 17.5 Å². The second-order valence-corrected chi connectivity index (χ2v) is 11.3. The van der Waals surface area contributed by atoms with E-state index in [1.807, 2.05) is 6.26 Å². The van der Waals surface area contributed by atoms with E-state index in [1.54, 1.807) is 23.9 Å². The molecule has 31 heavy (non-hydrogen) atoms. The Morgan fingerprint density at radius 2 is 1.90 bits per heavy atom. The third-order valence-corrected chi connectivity index (χ3v) is 8.41. The third-order valence-electron chi connectivity index (χ3n) is 4.86. The lowest BCUT2D eigenvalue weighted by atomic mass is 10.1. The summed E-state index contributed by atoms with van der Waals surface area (Å²) in [4.78, 5) is 17.7. The number of thiazole rings is 1. The summed E-state index contributed by atoms with van der Waals surface area (Å²) in [5.74, 6) is 0.757. The molecule has 3 rings (SSSR count). The van der Waals surface area contributed by atoms with Gasteiger partial charge in [-0.25, -0.2) is 8.42 Å². The Kier molecular flexibility index (Phi) is 7.61. The maximum atomic E-state index is 12.6. The zero-order chi connectivity index (χ0) is 22.6. The molecule has 1 heterocycles. The quantitative estimate of drug-likeness (QED) is 0.489. The van der Waals surface area contributed by atoms with E-state index in [-0.39, 0.29) is 17.1 Å². The minimum atomic E-state index is -3.58. The fourth-order valence-electron chi connectivity index (χ4n) is 3.28. The Labute approximate surface area is 190 Å². The number of carbonyl (C=O) groups excluding carboxylic acids is 1. The number of fused-ring (bicyclic) bond motifs is 1. The molecule has 9 heteroatoms. The van der Waals surface area contributed by atoms with Crippen LogP contribution in [-0.4, -0.2) is 43.8 Å². The Morgan fingerprint density at radius 3 is 2.55 bits per heavy atom. The smallest absolute Gasteiger partial charge is 0.249 e. The van der Waals surface area contributed by atoms with E-state index in [1.165, 1.54) is 30.6 Å². The molecule has 0 radical (unpaired) electrons. The number of benzene rings is 2. The first-order valence-corrected chi connectivity index (χ1v) is 13.7. The van der Waals surface area contributed by atoms with Crippen molar-refractivity contribution in [2.75, 3.05) is 24.9 Å². The lowest BCUT2D eigenvalue weighted by molar-refractivity contribution is -0.117. The van der Waals surface area contributed by atoms with Gasteiger partial charge in [0.1, 0.15) is 5.75 Å². The number of aromatic nitrogens is 1. The molecule has 0 aliphatic carbocycles. The van der Waals surface area contributed by atoms with Crippen molar-refractivity contribution < 1.29 is 17.9 Å². The van der Waals surface area contributed by atoms with Crippen molar-refractivity contribution in [1.82, 2.24) is 4.57 Å². The number of hydrogen-bond donors (Lipinski definition) is 0. The zero-order valence-corrected chi connectivity index (χ0v) is 20.5. The first-order chi connectivity index (χ1) is 14.7. The molecule has 0 aliphatic heterocycles. The lowest BCUT2D eigenvalue weighted by Gasteiger charge is -2.06. The maximum Gasteiger partial charge on any atom is 0.249 e. The predicted molar refractivity (Wildman–Crippen MR) is 128 cm³/mol. The number of hydrogen-bond acceptors (Lipinski definition) is 6. The van der Waals surface area contributed by atoms with Gasteiger partial charge in [0, 0.05) is 18.7 Å². The summed E-state index contributed by atoms with van der Waals surface area (Å²) >= 11 is 3.20. The van der Waals surface area contributed by atoms with E-state index in [0.717, 1.165) is 33.6 Å². The van der Waals surface area contributed by atoms with E-state index >= 15 is 0 Å². The second kappa shape index (κ2) is 10.0. The molecule has 3 aromatic rings. The van der Waals surface area contributed by atoms with Gasteiger partial charge in [0.2, 0.25) is 5.91 Å². The minimum absolute atomic E-state index is 0.164. The molecule has 0 aliphatic rings. The first kappa shape index (κ1) is 23.6. The fourth-order valence-corrected chi connectivity index (χ4v) is 6.00. The number of carbonyl (C=O) groups is 1. The molecule has 0 saturated carbocycles. The van der Waals surface area contributed by atoms with E-state index in [4.69, 9.17) is 4.74 Å². The molecular formula is C22H26N2O4S3. The molecule has 0 bridgehead atoms. The number of ether oxygens (including phenoxy) is 1. The van der Waals surface area contributed by atoms with Crippen LogP contribution in [0, 0.1) is 13.8 Å². The zero-order valence-electron chi connectivity index (χ0n) is 18.0. The van der Waals surface area contributed by atoms with Crippen LogP contribution in [0.2, 0.25) is 0 Å². The van der Waals surface area contributed by atoms with E-state index in [2.05, 4.69) is 35.5 Å². The molecule has 1 aromatic heterocycles. The second-order valence-electron chi connectivity index (χ2n) is 7.21. The summed E-state index contributed by atoms with van der Waals surface area (Å²) in [7, 11) is -2.06. The SMILES string of the molecule is COc1ccc(S(=O)(=O)CCC(=O)N=c2sc3c(C)cc(C)cc3n2CCSC)cc1. The van der Waals surface area contributed by atoms with Crippen molar-refractivity contribution in [1.29, 1.82) is 0 Å². The molecule has 0 spiro atoms. The number of nitrogens with zero attached hydrogens (tertiary/aromatic N) is 2. The Morgan fingerprint density at radius 1 is 1.19 bits per heavy atom. The van der Waals surface area contributed by atoms with Gasteiger partial charge in [0.25, 0.3) is 0 Å². The molecule has 1 amide bonds. The largest absolute Gasteiger partial charge is 0.497 e. The van der Waals surface area contributed by atoms with Crippen LogP contribution >= 0.6 is 23.1 Å². The number of aryl methyl sites for hydroxylation is 3. The summed E-state index contributed by atoms with van der Waals surface area (Å²) in [5.41, 5.74) is 3.37. The normalized spacial score (nSPS) is 12.5. The summed E-state index contributed by atoms with van der Waals surface area (Å²) in [6, 6.07) is 10.4. The highest BCUT2D eigenvalue weighted by molar-refractivity contribution is 7.98. The third kappa shape index (κ3) is 5.58.